The molecule has 2 heterocycles. The zero-order valence-corrected chi connectivity index (χ0v) is 20.5. The van der Waals surface area contributed by atoms with Gasteiger partial charge in [0.15, 0.2) is 0 Å². The zero-order chi connectivity index (χ0) is 22.9. The van der Waals surface area contributed by atoms with Crippen LogP contribution in [-0.2, 0) is 10.0 Å². The number of likely N-dealkylation sites (tertiary alicyclic amines) is 1. The minimum Gasteiger partial charge on any atom is -0.339 e. The number of benzene rings is 2. The Balaban J connectivity index is 1.49. The maximum Gasteiger partial charge on any atom is 0.253 e. The van der Waals surface area contributed by atoms with Gasteiger partial charge in [-0.3, -0.25) is 4.79 Å². The molecule has 6 nitrogen and oxygen atoms in total. The number of para-hydroxylation sites is 1. The number of hydrogen-bond donors (Lipinski definition) is 0. The maximum atomic E-state index is 13.1. The third kappa shape index (κ3) is 4.41. The van der Waals surface area contributed by atoms with Gasteiger partial charge in [-0.15, -0.1) is 11.3 Å². The molecule has 170 valence electrons. The van der Waals surface area contributed by atoms with Crippen molar-refractivity contribution in [3.63, 3.8) is 0 Å². The molecule has 0 spiro atoms. The van der Waals surface area contributed by atoms with Crippen LogP contribution < -0.4 is 0 Å². The van der Waals surface area contributed by atoms with Crippen molar-refractivity contribution in [3.8, 4) is 0 Å². The smallest absolute Gasteiger partial charge is 0.253 e. The molecule has 4 rings (SSSR count). The highest BCUT2D eigenvalue weighted by Gasteiger charge is 2.29. The van der Waals surface area contributed by atoms with Crippen molar-refractivity contribution in [2.24, 2.45) is 0 Å². The van der Waals surface area contributed by atoms with Crippen LogP contribution in [0.3, 0.4) is 0 Å². The number of fused-ring (bicyclic) bond motifs is 1. The second-order valence-electron chi connectivity index (χ2n) is 7.82. The van der Waals surface area contributed by atoms with Gasteiger partial charge in [0.1, 0.15) is 4.90 Å². The molecule has 1 aliphatic heterocycles. The van der Waals surface area contributed by atoms with Crippen LogP contribution in [0.1, 0.15) is 48.0 Å². The van der Waals surface area contributed by atoms with E-state index in [1.165, 1.54) is 21.1 Å². The molecule has 0 unspecified atom stereocenters. The third-order valence-electron chi connectivity index (χ3n) is 5.94. The molecule has 0 atom stereocenters. The summed E-state index contributed by atoms with van der Waals surface area (Å²) in [7, 11) is -3.75. The van der Waals surface area contributed by atoms with E-state index in [-0.39, 0.29) is 15.8 Å². The molecule has 1 fully saturated rings. The first-order valence-corrected chi connectivity index (χ1v) is 13.4. The van der Waals surface area contributed by atoms with Crippen LogP contribution in [0.15, 0.2) is 47.4 Å². The van der Waals surface area contributed by atoms with Gasteiger partial charge in [0.05, 0.1) is 20.2 Å². The van der Waals surface area contributed by atoms with Gasteiger partial charge in [0.25, 0.3) is 5.91 Å². The number of sulfonamides is 1. The predicted molar refractivity (Wildman–Crippen MR) is 129 cm³/mol. The highest BCUT2D eigenvalue weighted by Crippen LogP contribution is 2.34. The van der Waals surface area contributed by atoms with Gasteiger partial charge in [-0.05, 0) is 43.2 Å². The van der Waals surface area contributed by atoms with Crippen molar-refractivity contribution in [1.29, 1.82) is 0 Å². The van der Waals surface area contributed by atoms with Gasteiger partial charge >= 0.3 is 0 Å². The Kier molecular flexibility index (Phi) is 6.86. The Labute approximate surface area is 197 Å². The summed E-state index contributed by atoms with van der Waals surface area (Å²) in [5, 5.41) is 1.25. The molecule has 32 heavy (non-hydrogen) atoms. The summed E-state index contributed by atoms with van der Waals surface area (Å²) in [6.07, 6.45) is 1.67. The number of amides is 1. The van der Waals surface area contributed by atoms with Gasteiger partial charge in [-0.1, -0.05) is 37.6 Å². The van der Waals surface area contributed by atoms with Crippen LogP contribution in [0.2, 0.25) is 5.02 Å². The van der Waals surface area contributed by atoms with Crippen molar-refractivity contribution in [1.82, 2.24) is 14.2 Å². The minimum absolute atomic E-state index is 0.0157. The molecular weight excluding hydrogens is 466 g/mol. The van der Waals surface area contributed by atoms with E-state index in [2.05, 4.69) is 6.07 Å². The number of carbonyl (C=O) groups excluding carboxylic acids is 1. The van der Waals surface area contributed by atoms with Gasteiger partial charge in [-0.25, -0.2) is 13.4 Å². The highest BCUT2D eigenvalue weighted by atomic mass is 35.5. The summed E-state index contributed by atoms with van der Waals surface area (Å²) in [5.74, 6) is 0.167. The van der Waals surface area contributed by atoms with Crippen molar-refractivity contribution < 1.29 is 13.2 Å². The van der Waals surface area contributed by atoms with Crippen LogP contribution in [0, 0.1) is 0 Å². The first kappa shape index (κ1) is 23.2. The summed E-state index contributed by atoms with van der Waals surface area (Å²) in [5.41, 5.74) is 1.37. The van der Waals surface area contributed by atoms with E-state index in [4.69, 9.17) is 16.6 Å². The first-order valence-electron chi connectivity index (χ1n) is 10.8. The third-order valence-corrected chi connectivity index (χ3v) is 9.67. The van der Waals surface area contributed by atoms with E-state index in [1.807, 2.05) is 18.2 Å². The summed E-state index contributed by atoms with van der Waals surface area (Å²) >= 11 is 7.94. The summed E-state index contributed by atoms with van der Waals surface area (Å²) in [6, 6.07) is 12.6. The number of halogens is 1. The number of carbonyl (C=O) groups is 1. The maximum absolute atomic E-state index is 13.1. The van der Waals surface area contributed by atoms with E-state index < -0.39 is 10.0 Å². The van der Waals surface area contributed by atoms with E-state index in [0.29, 0.717) is 37.7 Å². The molecule has 1 aromatic heterocycles. The molecule has 1 saturated heterocycles. The summed E-state index contributed by atoms with van der Waals surface area (Å²) < 4.78 is 28.4. The topological polar surface area (TPSA) is 70.6 Å². The van der Waals surface area contributed by atoms with Crippen LogP contribution in [0.5, 0.6) is 0 Å². The summed E-state index contributed by atoms with van der Waals surface area (Å²) in [4.78, 5) is 19.7. The van der Waals surface area contributed by atoms with Crippen molar-refractivity contribution in [2.75, 3.05) is 26.2 Å². The molecule has 0 bridgehead atoms. The molecule has 0 radical (unpaired) electrons. The number of rotatable bonds is 6. The molecule has 0 saturated carbocycles. The second-order valence-corrected chi connectivity index (χ2v) is 11.2. The molecule has 9 heteroatoms. The molecule has 0 aliphatic carbocycles. The van der Waals surface area contributed by atoms with Crippen LogP contribution in [-0.4, -0.2) is 54.7 Å². The fourth-order valence-electron chi connectivity index (χ4n) is 4.11. The van der Waals surface area contributed by atoms with Crippen molar-refractivity contribution in [3.05, 3.63) is 58.1 Å². The lowest BCUT2D eigenvalue weighted by molar-refractivity contribution is 0.0712. The number of aromatic nitrogens is 1. The fraction of sp³-hybridized carbons (Fsp3) is 0.391. The molecule has 0 N–H and O–H groups in total. The Morgan fingerprint density at radius 2 is 1.84 bits per heavy atom. The van der Waals surface area contributed by atoms with E-state index in [0.717, 1.165) is 23.4 Å². The normalized spacial score (nSPS) is 15.6. The van der Waals surface area contributed by atoms with Gasteiger partial charge < -0.3 is 4.90 Å². The van der Waals surface area contributed by atoms with Crippen LogP contribution >= 0.6 is 22.9 Å². The SMILES string of the molecule is CCN(CC)S(=O)(=O)c1cc(C(=O)N2CCC(c3nc4ccccc4s3)CC2)ccc1Cl. The molecular formula is C23H26ClN3O3S2. The van der Waals surface area contributed by atoms with Crippen LogP contribution in [0.4, 0.5) is 0 Å². The Bertz CT molecular complexity index is 1200. The Morgan fingerprint density at radius 3 is 2.50 bits per heavy atom. The highest BCUT2D eigenvalue weighted by molar-refractivity contribution is 7.89. The molecule has 1 aliphatic rings. The Hall–Kier alpha value is -2.00. The fourth-order valence-corrected chi connectivity index (χ4v) is 7.21. The predicted octanol–water partition coefficient (Wildman–Crippen LogP) is 5.00. The van der Waals surface area contributed by atoms with Crippen molar-refractivity contribution in [2.45, 2.75) is 37.5 Å². The zero-order valence-electron chi connectivity index (χ0n) is 18.1. The van der Waals surface area contributed by atoms with Crippen molar-refractivity contribution >= 4 is 49.1 Å². The monoisotopic (exact) mass is 491 g/mol. The largest absolute Gasteiger partial charge is 0.339 e. The number of piperidine rings is 1. The molecule has 3 aromatic rings. The van der Waals surface area contributed by atoms with Gasteiger partial charge in [-0.2, -0.15) is 4.31 Å². The molecule has 2 aromatic carbocycles. The standard InChI is InChI=1S/C23H26ClN3O3S2/c1-3-27(4-2)32(29,30)21-15-17(9-10-18(21)24)23(28)26-13-11-16(12-14-26)22-25-19-7-5-6-8-20(19)31-22/h5-10,15-16H,3-4,11-14H2,1-2H3. The average molecular weight is 492 g/mol. The number of hydrogen-bond acceptors (Lipinski definition) is 5. The number of nitrogens with zero attached hydrogens (tertiary/aromatic N) is 3. The second kappa shape index (κ2) is 9.47. The lowest BCUT2D eigenvalue weighted by Crippen LogP contribution is -2.38. The van der Waals surface area contributed by atoms with E-state index in [1.54, 1.807) is 36.2 Å². The minimum atomic E-state index is -3.75. The van der Waals surface area contributed by atoms with Gasteiger partial charge in [0.2, 0.25) is 10.0 Å². The lowest BCUT2D eigenvalue weighted by Gasteiger charge is -2.31. The molecule has 1 amide bonds. The number of thiazole rings is 1. The average Bonchev–Trinajstić information content (AvgIpc) is 3.24. The van der Waals surface area contributed by atoms with E-state index >= 15 is 0 Å². The first-order chi connectivity index (χ1) is 15.3. The quantitative estimate of drug-likeness (QED) is 0.486. The van der Waals surface area contributed by atoms with E-state index in [9.17, 15) is 13.2 Å². The Morgan fingerprint density at radius 1 is 1.16 bits per heavy atom. The lowest BCUT2D eigenvalue weighted by atomic mass is 9.97. The summed E-state index contributed by atoms with van der Waals surface area (Å²) in [6.45, 7) is 5.46. The van der Waals surface area contributed by atoms with Gasteiger partial charge in [0, 0.05) is 37.7 Å². The van der Waals surface area contributed by atoms with Crippen LogP contribution in [0.25, 0.3) is 10.2 Å².